The third-order valence-corrected chi connectivity index (χ3v) is 3.34. The molecule has 2 rings (SSSR count). The SMILES string of the molecule is CCCC(COC)NCc1ccc(-n2ccnc2)cc1. The molecule has 0 aliphatic carbocycles. The van der Waals surface area contributed by atoms with Gasteiger partial charge in [-0.2, -0.15) is 0 Å². The standard InChI is InChI=1S/C16H23N3O/c1-3-4-15(12-20-2)18-11-14-5-7-16(8-6-14)19-10-9-17-13-19/h5-10,13,15,18H,3-4,11-12H2,1-2H3. The van der Waals surface area contributed by atoms with E-state index in [2.05, 4.69) is 41.5 Å². The van der Waals surface area contributed by atoms with Gasteiger partial charge in [0.05, 0.1) is 12.9 Å². The van der Waals surface area contributed by atoms with Crippen molar-refractivity contribution in [2.75, 3.05) is 13.7 Å². The Bertz CT molecular complexity index is 473. The van der Waals surface area contributed by atoms with E-state index in [0.29, 0.717) is 6.04 Å². The average molecular weight is 273 g/mol. The minimum atomic E-state index is 0.429. The molecule has 0 aliphatic heterocycles. The smallest absolute Gasteiger partial charge is 0.0991 e. The fourth-order valence-electron chi connectivity index (χ4n) is 2.25. The van der Waals surface area contributed by atoms with Gasteiger partial charge < -0.3 is 14.6 Å². The van der Waals surface area contributed by atoms with Crippen molar-refractivity contribution >= 4 is 0 Å². The van der Waals surface area contributed by atoms with Crippen molar-refractivity contribution in [3.05, 3.63) is 48.5 Å². The van der Waals surface area contributed by atoms with Crippen LogP contribution in [0.25, 0.3) is 5.69 Å². The average Bonchev–Trinajstić information content (AvgIpc) is 3.00. The molecule has 1 N–H and O–H groups in total. The summed E-state index contributed by atoms with van der Waals surface area (Å²) in [5.74, 6) is 0. The number of hydrogen-bond acceptors (Lipinski definition) is 3. The van der Waals surface area contributed by atoms with Crippen LogP contribution in [-0.2, 0) is 11.3 Å². The summed E-state index contributed by atoms with van der Waals surface area (Å²) in [5, 5.41) is 3.55. The number of hydrogen-bond donors (Lipinski definition) is 1. The molecule has 0 fully saturated rings. The molecule has 0 saturated carbocycles. The molecule has 1 unspecified atom stereocenters. The van der Waals surface area contributed by atoms with Crippen molar-refractivity contribution in [3.63, 3.8) is 0 Å². The van der Waals surface area contributed by atoms with Crippen LogP contribution in [0.3, 0.4) is 0 Å². The highest BCUT2D eigenvalue weighted by atomic mass is 16.5. The number of nitrogens with zero attached hydrogens (tertiary/aromatic N) is 2. The van der Waals surface area contributed by atoms with Gasteiger partial charge in [0.2, 0.25) is 0 Å². The van der Waals surface area contributed by atoms with E-state index in [1.807, 2.05) is 17.1 Å². The van der Waals surface area contributed by atoms with E-state index in [0.717, 1.165) is 25.3 Å². The van der Waals surface area contributed by atoms with Gasteiger partial charge >= 0.3 is 0 Å². The topological polar surface area (TPSA) is 39.1 Å². The van der Waals surface area contributed by atoms with Crippen LogP contribution in [0.15, 0.2) is 43.0 Å². The Hall–Kier alpha value is -1.65. The number of rotatable bonds is 8. The van der Waals surface area contributed by atoms with Crippen LogP contribution in [-0.4, -0.2) is 29.3 Å². The number of imidazole rings is 1. The third-order valence-electron chi connectivity index (χ3n) is 3.34. The molecule has 108 valence electrons. The van der Waals surface area contributed by atoms with Gasteiger partial charge in [0.15, 0.2) is 0 Å². The molecule has 4 nitrogen and oxygen atoms in total. The summed E-state index contributed by atoms with van der Waals surface area (Å²) in [7, 11) is 1.75. The fourth-order valence-corrected chi connectivity index (χ4v) is 2.25. The molecule has 0 saturated heterocycles. The van der Waals surface area contributed by atoms with Crippen molar-refractivity contribution in [2.45, 2.75) is 32.4 Å². The van der Waals surface area contributed by atoms with Gasteiger partial charge in [-0.05, 0) is 24.1 Å². The predicted molar refractivity (Wildman–Crippen MR) is 81.0 cm³/mol. The van der Waals surface area contributed by atoms with Crippen molar-refractivity contribution in [1.82, 2.24) is 14.9 Å². The second-order valence-electron chi connectivity index (χ2n) is 4.96. The summed E-state index contributed by atoms with van der Waals surface area (Å²) >= 11 is 0. The quantitative estimate of drug-likeness (QED) is 0.804. The molecule has 0 aliphatic rings. The van der Waals surface area contributed by atoms with E-state index < -0.39 is 0 Å². The molecule has 20 heavy (non-hydrogen) atoms. The maximum absolute atomic E-state index is 5.24. The van der Waals surface area contributed by atoms with Gasteiger partial charge in [0.25, 0.3) is 0 Å². The molecule has 2 aromatic rings. The molecular formula is C16H23N3O. The van der Waals surface area contributed by atoms with Crippen LogP contribution < -0.4 is 5.32 Å². The van der Waals surface area contributed by atoms with Crippen molar-refractivity contribution in [2.24, 2.45) is 0 Å². The van der Waals surface area contributed by atoms with Crippen LogP contribution in [0.5, 0.6) is 0 Å². The minimum absolute atomic E-state index is 0.429. The lowest BCUT2D eigenvalue weighted by molar-refractivity contribution is 0.161. The van der Waals surface area contributed by atoms with E-state index in [4.69, 9.17) is 4.74 Å². The van der Waals surface area contributed by atoms with Gasteiger partial charge in [0.1, 0.15) is 0 Å². The summed E-state index contributed by atoms with van der Waals surface area (Å²) in [5.41, 5.74) is 2.42. The zero-order valence-corrected chi connectivity index (χ0v) is 12.2. The molecule has 1 aromatic carbocycles. The Labute approximate surface area is 120 Å². The largest absolute Gasteiger partial charge is 0.383 e. The lowest BCUT2D eigenvalue weighted by atomic mass is 10.1. The number of ether oxygens (including phenoxy) is 1. The summed E-state index contributed by atoms with van der Waals surface area (Å²) in [6.07, 6.45) is 7.85. The first-order valence-electron chi connectivity index (χ1n) is 7.13. The van der Waals surface area contributed by atoms with E-state index >= 15 is 0 Å². The highest BCUT2D eigenvalue weighted by molar-refractivity contribution is 5.34. The zero-order chi connectivity index (χ0) is 14.2. The van der Waals surface area contributed by atoms with Gasteiger partial charge in [-0.25, -0.2) is 4.98 Å². The van der Waals surface area contributed by atoms with Crippen LogP contribution in [0.4, 0.5) is 0 Å². The Morgan fingerprint density at radius 2 is 2.10 bits per heavy atom. The van der Waals surface area contributed by atoms with Crippen molar-refractivity contribution in [3.8, 4) is 5.69 Å². The fraction of sp³-hybridized carbons (Fsp3) is 0.438. The van der Waals surface area contributed by atoms with E-state index in [-0.39, 0.29) is 0 Å². The van der Waals surface area contributed by atoms with Crippen LogP contribution in [0.1, 0.15) is 25.3 Å². The first-order chi connectivity index (χ1) is 9.83. The van der Waals surface area contributed by atoms with Crippen LogP contribution in [0.2, 0.25) is 0 Å². The maximum atomic E-state index is 5.24. The summed E-state index contributed by atoms with van der Waals surface area (Å²) in [6.45, 7) is 3.84. The second-order valence-corrected chi connectivity index (χ2v) is 4.96. The normalized spacial score (nSPS) is 12.5. The molecule has 0 radical (unpaired) electrons. The van der Waals surface area contributed by atoms with Gasteiger partial charge in [-0.3, -0.25) is 0 Å². The molecule has 0 bridgehead atoms. The first kappa shape index (κ1) is 14.8. The van der Waals surface area contributed by atoms with Gasteiger partial charge in [0, 0.05) is 37.8 Å². The summed E-state index contributed by atoms with van der Waals surface area (Å²) in [6, 6.07) is 8.96. The number of nitrogens with one attached hydrogen (secondary N) is 1. The monoisotopic (exact) mass is 273 g/mol. The van der Waals surface area contributed by atoms with E-state index in [1.165, 1.54) is 12.0 Å². The van der Waals surface area contributed by atoms with Crippen LogP contribution in [0, 0.1) is 0 Å². The maximum Gasteiger partial charge on any atom is 0.0991 e. The van der Waals surface area contributed by atoms with E-state index in [1.54, 1.807) is 13.3 Å². The Morgan fingerprint density at radius 1 is 1.30 bits per heavy atom. The molecule has 4 heteroatoms. The highest BCUT2D eigenvalue weighted by Gasteiger charge is 2.06. The number of benzene rings is 1. The molecule has 0 spiro atoms. The number of methoxy groups -OCH3 is 1. The molecule has 1 heterocycles. The second kappa shape index (κ2) is 7.82. The van der Waals surface area contributed by atoms with Gasteiger partial charge in [-0.1, -0.05) is 25.5 Å². The lowest BCUT2D eigenvalue weighted by Gasteiger charge is -2.17. The summed E-state index contributed by atoms with van der Waals surface area (Å²) in [4.78, 5) is 4.06. The molecule has 1 aromatic heterocycles. The van der Waals surface area contributed by atoms with Crippen LogP contribution >= 0.6 is 0 Å². The predicted octanol–water partition coefficient (Wildman–Crippen LogP) is 2.78. The van der Waals surface area contributed by atoms with Crippen molar-refractivity contribution in [1.29, 1.82) is 0 Å². The number of aromatic nitrogens is 2. The lowest BCUT2D eigenvalue weighted by Crippen LogP contribution is -2.32. The Morgan fingerprint density at radius 3 is 2.70 bits per heavy atom. The van der Waals surface area contributed by atoms with E-state index in [9.17, 15) is 0 Å². The third kappa shape index (κ3) is 4.18. The zero-order valence-electron chi connectivity index (χ0n) is 12.2. The minimum Gasteiger partial charge on any atom is -0.383 e. The molecule has 0 amide bonds. The Balaban J connectivity index is 1.90. The first-order valence-corrected chi connectivity index (χ1v) is 7.13. The Kier molecular flexibility index (Phi) is 5.77. The highest BCUT2D eigenvalue weighted by Crippen LogP contribution is 2.09. The van der Waals surface area contributed by atoms with Crippen molar-refractivity contribution < 1.29 is 4.74 Å². The molecule has 1 atom stereocenters. The molecular weight excluding hydrogens is 250 g/mol. The summed E-state index contributed by atoms with van der Waals surface area (Å²) < 4.78 is 7.24. The van der Waals surface area contributed by atoms with Gasteiger partial charge in [-0.15, -0.1) is 0 Å².